The Hall–Kier alpha value is -4.36. The topological polar surface area (TPSA) is 124 Å². The Kier molecular flexibility index (Phi) is 9.87. The second-order valence-corrected chi connectivity index (χ2v) is 14.3. The highest BCUT2D eigenvalue weighted by Gasteiger charge is 2.36. The predicted octanol–water partition coefficient (Wildman–Crippen LogP) is 2.68. The Balaban J connectivity index is 1.04. The molecule has 5 heterocycles. The molecule has 2 N–H and O–H groups in total. The van der Waals surface area contributed by atoms with Crippen LogP contribution in [0.3, 0.4) is 0 Å². The van der Waals surface area contributed by atoms with Crippen molar-refractivity contribution in [3.05, 3.63) is 63.6 Å². The van der Waals surface area contributed by atoms with Gasteiger partial charge in [-0.3, -0.25) is 18.8 Å². The van der Waals surface area contributed by atoms with E-state index in [4.69, 9.17) is 4.74 Å². The lowest BCUT2D eigenvalue weighted by Crippen LogP contribution is -2.54. The number of aryl methyl sites for hydroxylation is 3. The quantitative estimate of drug-likeness (QED) is 0.409. The van der Waals surface area contributed by atoms with Gasteiger partial charge >= 0.3 is 17.8 Å². The number of anilines is 1. The van der Waals surface area contributed by atoms with Crippen LogP contribution in [0, 0.1) is 6.92 Å². The van der Waals surface area contributed by atoms with Crippen LogP contribution in [0.5, 0.6) is 0 Å². The molecule has 0 saturated carbocycles. The highest BCUT2D eigenvalue weighted by atomic mass is 16.6. The number of nitrogens with one attached hydrogen (secondary N) is 2. The van der Waals surface area contributed by atoms with Gasteiger partial charge in [-0.05, 0) is 67.9 Å². The minimum atomic E-state index is -0.997. The van der Waals surface area contributed by atoms with Gasteiger partial charge in [0.2, 0.25) is 0 Å². The van der Waals surface area contributed by atoms with Crippen molar-refractivity contribution in [2.75, 3.05) is 64.2 Å². The Morgan fingerprint density at radius 3 is 2.28 bits per heavy atom. The van der Waals surface area contributed by atoms with Crippen LogP contribution in [0.4, 0.5) is 15.3 Å². The standard InChI is InChI=1S/C37H50N8O5/c1-25-22-26(23-31-33(25)41(3)36(48)40(31)2)24-32(34(46)43-15-9-28(10-16-43)42-20-13-38-14-21-42)50-37(49)44-17-11-29(12-18-44)45-19-8-27-6-4-5-7-30(27)39-35(45)47/h4-7,22-23,28-29,32,38H,8-21,24H2,1-3H3,(H,39,47)/t32-/m1/s1. The minimum Gasteiger partial charge on any atom is -0.436 e. The van der Waals surface area contributed by atoms with E-state index in [1.54, 1.807) is 28.1 Å². The van der Waals surface area contributed by atoms with Crippen molar-refractivity contribution in [2.45, 2.75) is 63.6 Å². The average molecular weight is 687 g/mol. The molecular weight excluding hydrogens is 636 g/mol. The molecule has 7 rings (SSSR count). The van der Waals surface area contributed by atoms with Gasteiger partial charge in [0, 0.05) is 97.2 Å². The van der Waals surface area contributed by atoms with Gasteiger partial charge in [-0.2, -0.15) is 0 Å². The molecule has 268 valence electrons. The molecular formula is C37H50N8O5. The third-order valence-electron chi connectivity index (χ3n) is 11.3. The third-order valence-corrected chi connectivity index (χ3v) is 11.3. The number of rotatable bonds is 6. The zero-order chi connectivity index (χ0) is 34.9. The van der Waals surface area contributed by atoms with Crippen LogP contribution in [-0.2, 0) is 36.5 Å². The number of hydrogen-bond acceptors (Lipinski definition) is 7. The number of imidazole rings is 1. The smallest absolute Gasteiger partial charge is 0.410 e. The van der Waals surface area contributed by atoms with Crippen molar-refractivity contribution in [1.29, 1.82) is 0 Å². The fourth-order valence-electron chi connectivity index (χ4n) is 8.46. The largest absolute Gasteiger partial charge is 0.436 e. The van der Waals surface area contributed by atoms with Crippen molar-refractivity contribution in [2.24, 2.45) is 14.1 Å². The number of likely N-dealkylation sites (tertiary alicyclic amines) is 2. The van der Waals surface area contributed by atoms with Crippen LogP contribution < -0.4 is 16.3 Å². The number of amides is 4. The lowest BCUT2D eigenvalue weighted by Gasteiger charge is -2.41. The number of benzene rings is 2. The van der Waals surface area contributed by atoms with Gasteiger partial charge in [0.15, 0.2) is 6.10 Å². The number of nitrogens with zero attached hydrogens (tertiary/aromatic N) is 6. The summed E-state index contributed by atoms with van der Waals surface area (Å²) in [5.41, 5.74) is 5.26. The van der Waals surface area contributed by atoms with Crippen molar-refractivity contribution in [3.8, 4) is 0 Å². The van der Waals surface area contributed by atoms with Gasteiger partial charge in [0.1, 0.15) is 0 Å². The summed E-state index contributed by atoms with van der Waals surface area (Å²) in [7, 11) is 3.51. The van der Waals surface area contributed by atoms with Crippen LogP contribution in [-0.4, -0.2) is 124 Å². The fraction of sp³-hybridized carbons (Fsp3) is 0.568. The van der Waals surface area contributed by atoms with Gasteiger partial charge < -0.3 is 30.1 Å². The first kappa shape index (κ1) is 34.1. The second-order valence-electron chi connectivity index (χ2n) is 14.3. The number of carbonyl (C=O) groups is 3. The Labute approximate surface area is 293 Å². The number of aromatic nitrogens is 2. The summed E-state index contributed by atoms with van der Waals surface area (Å²) in [6, 6.07) is 12.2. The number of carbonyl (C=O) groups excluding carboxylic acids is 3. The molecule has 4 aliphatic heterocycles. The molecule has 2 aromatic carbocycles. The Morgan fingerprint density at radius 1 is 0.860 bits per heavy atom. The van der Waals surface area contributed by atoms with Gasteiger partial charge in [-0.1, -0.05) is 24.3 Å². The summed E-state index contributed by atoms with van der Waals surface area (Å²) in [5.74, 6) is -0.174. The van der Waals surface area contributed by atoms with Crippen molar-refractivity contribution in [1.82, 2.24) is 34.1 Å². The van der Waals surface area contributed by atoms with E-state index < -0.39 is 12.2 Å². The van der Waals surface area contributed by atoms with Gasteiger partial charge in [0.25, 0.3) is 5.91 Å². The van der Waals surface area contributed by atoms with E-state index in [2.05, 4.69) is 15.5 Å². The molecule has 13 heteroatoms. The Bertz CT molecular complexity index is 1800. The zero-order valence-corrected chi connectivity index (χ0v) is 29.5. The summed E-state index contributed by atoms with van der Waals surface area (Å²) >= 11 is 0. The highest BCUT2D eigenvalue weighted by molar-refractivity contribution is 5.91. The summed E-state index contributed by atoms with van der Waals surface area (Å²) < 4.78 is 9.39. The molecule has 0 unspecified atom stereocenters. The lowest BCUT2D eigenvalue weighted by atomic mass is 9.99. The van der Waals surface area contributed by atoms with Crippen LogP contribution in [0.2, 0.25) is 0 Å². The number of para-hydroxylation sites is 1. The van der Waals surface area contributed by atoms with Gasteiger partial charge in [-0.25, -0.2) is 14.4 Å². The Morgan fingerprint density at radius 2 is 1.54 bits per heavy atom. The molecule has 3 fully saturated rings. The highest BCUT2D eigenvalue weighted by Crippen LogP contribution is 2.27. The minimum absolute atomic E-state index is 0.00925. The van der Waals surface area contributed by atoms with Crippen LogP contribution in [0.1, 0.15) is 42.4 Å². The maximum absolute atomic E-state index is 14.2. The maximum Gasteiger partial charge on any atom is 0.410 e. The molecule has 1 atom stereocenters. The third kappa shape index (κ3) is 6.85. The van der Waals surface area contributed by atoms with E-state index in [9.17, 15) is 19.2 Å². The number of piperazine rings is 1. The van der Waals surface area contributed by atoms with E-state index in [0.29, 0.717) is 51.6 Å². The molecule has 3 saturated heterocycles. The zero-order valence-electron chi connectivity index (χ0n) is 29.5. The summed E-state index contributed by atoms with van der Waals surface area (Å²) in [6.45, 7) is 8.74. The summed E-state index contributed by atoms with van der Waals surface area (Å²) in [5, 5.41) is 6.47. The normalized spacial score (nSPS) is 20.4. The fourth-order valence-corrected chi connectivity index (χ4v) is 8.46. The summed E-state index contributed by atoms with van der Waals surface area (Å²) in [4.78, 5) is 61.8. The summed E-state index contributed by atoms with van der Waals surface area (Å²) in [6.07, 6.45) is 2.55. The van der Waals surface area contributed by atoms with Gasteiger partial charge in [-0.15, -0.1) is 0 Å². The number of hydrogen-bond donors (Lipinski definition) is 2. The van der Waals surface area contributed by atoms with Crippen molar-refractivity contribution < 1.29 is 19.1 Å². The molecule has 0 bridgehead atoms. The predicted molar refractivity (Wildman–Crippen MR) is 191 cm³/mol. The first-order chi connectivity index (χ1) is 24.2. The molecule has 13 nitrogen and oxygen atoms in total. The first-order valence-electron chi connectivity index (χ1n) is 18.2. The van der Waals surface area contributed by atoms with E-state index >= 15 is 0 Å². The molecule has 50 heavy (non-hydrogen) atoms. The monoisotopic (exact) mass is 686 g/mol. The lowest BCUT2D eigenvalue weighted by molar-refractivity contribution is -0.142. The average Bonchev–Trinajstić information content (AvgIpc) is 3.25. The number of piperidine rings is 2. The van der Waals surface area contributed by atoms with E-state index in [1.165, 1.54) is 0 Å². The van der Waals surface area contributed by atoms with Crippen molar-refractivity contribution >= 4 is 34.8 Å². The van der Waals surface area contributed by atoms with E-state index in [0.717, 1.165) is 78.9 Å². The second kappa shape index (κ2) is 14.5. The molecule has 0 spiro atoms. The first-order valence-corrected chi connectivity index (χ1v) is 18.2. The number of ether oxygens (including phenoxy) is 1. The SMILES string of the molecule is Cc1cc(C[C@@H](OC(=O)N2CCC(N3CCc4ccccc4NC3=O)CC2)C(=O)N2CCC(N3CCNCC3)CC2)cc2c1n(C)c(=O)n2C. The number of fused-ring (bicyclic) bond motifs is 2. The number of urea groups is 1. The van der Waals surface area contributed by atoms with E-state index in [-0.39, 0.29) is 30.1 Å². The molecule has 4 amide bonds. The van der Waals surface area contributed by atoms with Gasteiger partial charge in [0.05, 0.1) is 11.0 Å². The van der Waals surface area contributed by atoms with Crippen molar-refractivity contribution in [3.63, 3.8) is 0 Å². The maximum atomic E-state index is 14.2. The van der Waals surface area contributed by atoms with E-state index in [1.807, 2.05) is 53.1 Å². The van der Waals surface area contributed by atoms with Crippen LogP contribution in [0.15, 0.2) is 41.2 Å². The molecule has 4 aliphatic rings. The van der Waals surface area contributed by atoms with Crippen LogP contribution >= 0.6 is 0 Å². The van der Waals surface area contributed by atoms with Crippen LogP contribution in [0.25, 0.3) is 11.0 Å². The molecule has 3 aromatic rings. The molecule has 0 aliphatic carbocycles. The molecule has 1 aromatic heterocycles. The molecule has 0 radical (unpaired) electrons.